The number of nitrogens with zero attached hydrogens (tertiary/aromatic N) is 2. The van der Waals surface area contributed by atoms with Gasteiger partial charge in [-0.1, -0.05) is 0 Å². The van der Waals surface area contributed by atoms with Gasteiger partial charge >= 0.3 is 0 Å². The summed E-state index contributed by atoms with van der Waals surface area (Å²) in [5, 5.41) is 9.45. The van der Waals surface area contributed by atoms with Gasteiger partial charge in [0.1, 0.15) is 5.54 Å². The Morgan fingerprint density at radius 2 is 2.00 bits per heavy atom. The summed E-state index contributed by atoms with van der Waals surface area (Å²) in [7, 11) is 1.71. The summed E-state index contributed by atoms with van der Waals surface area (Å²) in [5.74, 6) is 1.09. The normalized spacial score (nSPS) is 18.6. The lowest BCUT2D eigenvalue weighted by Crippen LogP contribution is -2.46. The maximum atomic E-state index is 12.6. The molecule has 1 amide bonds. The first kappa shape index (κ1) is 12.8. The first-order chi connectivity index (χ1) is 9.66. The van der Waals surface area contributed by atoms with Crippen molar-refractivity contribution in [2.75, 3.05) is 13.8 Å². The van der Waals surface area contributed by atoms with Gasteiger partial charge in [0.25, 0.3) is 5.91 Å². The molecule has 1 fully saturated rings. The minimum absolute atomic E-state index is 0.147. The third-order valence-corrected chi connectivity index (χ3v) is 4.21. The minimum atomic E-state index is -0.659. The Hall–Kier alpha value is -2.22. The number of rotatable bonds is 2. The number of carbonyl (C=O) groups is 1. The Morgan fingerprint density at radius 3 is 2.70 bits per heavy atom. The summed E-state index contributed by atoms with van der Waals surface area (Å²) < 4.78 is 10.5. The smallest absolute Gasteiger partial charge is 0.255 e. The predicted octanol–water partition coefficient (Wildman–Crippen LogP) is 2.32. The van der Waals surface area contributed by atoms with E-state index in [0.29, 0.717) is 17.1 Å². The molecule has 0 atom stereocenters. The SMILES string of the molecule is CN(C(=O)c1ccc2c(c1)OCO2)C1(C#N)CCCC1. The van der Waals surface area contributed by atoms with Crippen molar-refractivity contribution in [1.82, 2.24) is 4.90 Å². The van der Waals surface area contributed by atoms with Crippen molar-refractivity contribution in [2.45, 2.75) is 31.2 Å². The zero-order valence-corrected chi connectivity index (χ0v) is 11.4. The highest BCUT2D eigenvalue weighted by atomic mass is 16.7. The molecule has 5 heteroatoms. The van der Waals surface area contributed by atoms with E-state index >= 15 is 0 Å². The van der Waals surface area contributed by atoms with Crippen LogP contribution in [0.2, 0.25) is 0 Å². The molecule has 0 radical (unpaired) electrons. The van der Waals surface area contributed by atoms with E-state index in [9.17, 15) is 10.1 Å². The molecule has 0 unspecified atom stereocenters. The van der Waals surface area contributed by atoms with Gasteiger partial charge < -0.3 is 14.4 Å². The average molecular weight is 272 g/mol. The van der Waals surface area contributed by atoms with Gasteiger partial charge in [-0.3, -0.25) is 4.79 Å². The summed E-state index contributed by atoms with van der Waals surface area (Å²) in [6.07, 6.45) is 3.48. The molecule has 1 aliphatic heterocycles. The molecule has 0 bridgehead atoms. The Balaban J connectivity index is 1.87. The fraction of sp³-hybridized carbons (Fsp3) is 0.467. The summed E-state index contributed by atoms with van der Waals surface area (Å²) >= 11 is 0. The van der Waals surface area contributed by atoms with Crippen LogP contribution in [-0.2, 0) is 0 Å². The largest absolute Gasteiger partial charge is 0.454 e. The van der Waals surface area contributed by atoms with Gasteiger partial charge in [-0.25, -0.2) is 0 Å². The lowest BCUT2D eigenvalue weighted by Gasteiger charge is -2.32. The molecule has 3 rings (SSSR count). The van der Waals surface area contributed by atoms with Crippen LogP contribution in [0.4, 0.5) is 0 Å². The Labute approximate surface area is 117 Å². The highest BCUT2D eigenvalue weighted by molar-refractivity contribution is 5.95. The topological polar surface area (TPSA) is 62.6 Å². The number of carbonyl (C=O) groups excluding carboxylic acids is 1. The molecule has 5 nitrogen and oxygen atoms in total. The first-order valence-electron chi connectivity index (χ1n) is 6.75. The van der Waals surface area contributed by atoms with Gasteiger partial charge in [-0.05, 0) is 43.9 Å². The Morgan fingerprint density at radius 1 is 1.30 bits per heavy atom. The molecule has 1 heterocycles. The van der Waals surface area contributed by atoms with Crippen LogP contribution < -0.4 is 9.47 Å². The van der Waals surface area contributed by atoms with Gasteiger partial charge in [0.05, 0.1) is 6.07 Å². The highest BCUT2D eigenvalue weighted by Gasteiger charge is 2.40. The third-order valence-electron chi connectivity index (χ3n) is 4.21. The van der Waals surface area contributed by atoms with Crippen LogP contribution in [0.15, 0.2) is 18.2 Å². The minimum Gasteiger partial charge on any atom is -0.454 e. The standard InChI is InChI=1S/C15H16N2O3/c1-17(15(9-16)6-2-3-7-15)14(18)11-4-5-12-13(8-11)20-10-19-12/h4-5,8H,2-3,6-7,10H2,1H3. The molecule has 0 saturated heterocycles. The summed E-state index contributed by atoms with van der Waals surface area (Å²) in [5.41, 5.74) is -0.133. The van der Waals surface area contributed by atoms with Crippen LogP contribution in [-0.4, -0.2) is 30.2 Å². The van der Waals surface area contributed by atoms with E-state index in [1.807, 2.05) is 0 Å². The molecule has 0 spiro atoms. The molecule has 1 aliphatic carbocycles. The number of ether oxygens (including phenoxy) is 2. The van der Waals surface area contributed by atoms with Crippen LogP contribution in [0, 0.1) is 11.3 Å². The molecule has 1 saturated carbocycles. The summed E-state index contributed by atoms with van der Waals surface area (Å²) in [6.45, 7) is 0.185. The number of hydrogen-bond acceptors (Lipinski definition) is 4. The van der Waals surface area contributed by atoms with E-state index in [0.717, 1.165) is 25.7 Å². The van der Waals surface area contributed by atoms with Gasteiger partial charge in [-0.2, -0.15) is 5.26 Å². The van der Waals surface area contributed by atoms with Gasteiger partial charge in [0, 0.05) is 12.6 Å². The maximum absolute atomic E-state index is 12.6. The van der Waals surface area contributed by atoms with Gasteiger partial charge in [0.2, 0.25) is 6.79 Å². The van der Waals surface area contributed by atoms with E-state index in [2.05, 4.69) is 6.07 Å². The summed E-state index contributed by atoms with van der Waals surface area (Å²) in [6, 6.07) is 7.46. The molecule has 1 aromatic rings. The molecule has 20 heavy (non-hydrogen) atoms. The number of nitriles is 1. The molecule has 104 valence electrons. The van der Waals surface area contributed by atoms with Crippen LogP contribution in [0.3, 0.4) is 0 Å². The Kier molecular flexibility index (Phi) is 3.01. The molecule has 0 N–H and O–H groups in total. The van der Waals surface area contributed by atoms with Gasteiger partial charge in [0.15, 0.2) is 11.5 Å². The van der Waals surface area contributed by atoms with Crippen LogP contribution in [0.25, 0.3) is 0 Å². The zero-order chi connectivity index (χ0) is 14.2. The molecule has 1 aromatic carbocycles. The molecule has 0 aromatic heterocycles. The van der Waals surface area contributed by atoms with Crippen LogP contribution in [0.5, 0.6) is 11.5 Å². The van der Waals surface area contributed by atoms with Crippen molar-refractivity contribution in [2.24, 2.45) is 0 Å². The van der Waals surface area contributed by atoms with Gasteiger partial charge in [-0.15, -0.1) is 0 Å². The van der Waals surface area contributed by atoms with E-state index in [1.54, 1.807) is 30.1 Å². The van der Waals surface area contributed by atoms with Crippen molar-refractivity contribution >= 4 is 5.91 Å². The Bertz CT molecular complexity index is 585. The predicted molar refractivity (Wildman–Crippen MR) is 71.5 cm³/mol. The zero-order valence-electron chi connectivity index (χ0n) is 11.4. The third kappa shape index (κ3) is 1.88. The van der Waals surface area contributed by atoms with Crippen molar-refractivity contribution in [3.63, 3.8) is 0 Å². The van der Waals surface area contributed by atoms with Crippen molar-refractivity contribution in [1.29, 1.82) is 5.26 Å². The lowest BCUT2D eigenvalue weighted by molar-refractivity contribution is 0.0662. The number of amides is 1. The monoisotopic (exact) mass is 272 g/mol. The summed E-state index contributed by atoms with van der Waals surface area (Å²) in [4.78, 5) is 14.2. The van der Waals surface area contributed by atoms with Crippen molar-refractivity contribution < 1.29 is 14.3 Å². The average Bonchev–Trinajstić information content (AvgIpc) is 3.14. The molecule has 2 aliphatic rings. The molecular weight excluding hydrogens is 256 g/mol. The van der Waals surface area contributed by atoms with E-state index < -0.39 is 5.54 Å². The fourth-order valence-corrected chi connectivity index (χ4v) is 2.90. The fourth-order valence-electron chi connectivity index (χ4n) is 2.90. The van der Waals surface area contributed by atoms with Crippen molar-refractivity contribution in [3.8, 4) is 17.6 Å². The van der Waals surface area contributed by atoms with E-state index in [-0.39, 0.29) is 12.7 Å². The number of hydrogen-bond donors (Lipinski definition) is 0. The molecular formula is C15H16N2O3. The second-order valence-electron chi connectivity index (χ2n) is 5.28. The second-order valence-corrected chi connectivity index (χ2v) is 5.28. The lowest BCUT2D eigenvalue weighted by atomic mass is 9.96. The second kappa shape index (κ2) is 4.71. The number of benzene rings is 1. The van der Waals surface area contributed by atoms with E-state index in [1.165, 1.54) is 0 Å². The first-order valence-corrected chi connectivity index (χ1v) is 6.75. The van der Waals surface area contributed by atoms with E-state index in [4.69, 9.17) is 9.47 Å². The maximum Gasteiger partial charge on any atom is 0.255 e. The van der Waals surface area contributed by atoms with Crippen molar-refractivity contribution in [3.05, 3.63) is 23.8 Å². The quantitative estimate of drug-likeness (QED) is 0.829. The van der Waals surface area contributed by atoms with Crippen LogP contribution in [0.1, 0.15) is 36.0 Å². The number of fused-ring (bicyclic) bond motifs is 1. The highest BCUT2D eigenvalue weighted by Crippen LogP contribution is 2.36. The van der Waals surface area contributed by atoms with Crippen LogP contribution >= 0.6 is 0 Å².